The summed E-state index contributed by atoms with van der Waals surface area (Å²) in [6.07, 6.45) is 14.0. The molecule has 8 aliphatic heterocycles. The molecule has 24 nitrogen and oxygen atoms in total. The Morgan fingerprint density at radius 3 is 0.832 bits per heavy atom. The Balaban J connectivity index is 0.000000137. The van der Waals surface area contributed by atoms with Gasteiger partial charge in [0.15, 0.2) is 46.1 Å². The van der Waals surface area contributed by atoms with Crippen molar-refractivity contribution in [1.29, 1.82) is 0 Å². The van der Waals surface area contributed by atoms with E-state index in [4.69, 9.17) is 0 Å². The number of rotatable bonds is 23. The van der Waals surface area contributed by atoms with Gasteiger partial charge in [0.1, 0.15) is 0 Å². The molecule has 0 radical (unpaired) electrons. The SMILES string of the molecule is CCCc1cc2c(cc1C)nc1c(=O)[nH]c(=O)nc-1n2CCCc1ccc(C)cc1.CCCc1cc2c(cc1C)nc1c(=O)[nH]c(=O)nc-1n2CCCc1ccc(C)cc1.CCCc1cc2c(cc1C)nc1c(=O)[nH]c(=O)nc-1n2CCCc1ccc(C)cc1.CCc1cc2nc3c(=O)[nH]c(=O)nc-3n(CCCc3cccc(C)c3)c2cc1C. The molecule has 8 heterocycles. The fraction of sp³-hybridized carbons (Fsp3) is 0.326. The van der Waals surface area contributed by atoms with Gasteiger partial charge in [-0.25, -0.2) is 39.1 Å². The summed E-state index contributed by atoms with van der Waals surface area (Å²) in [5.74, 6) is 1.41. The third-order valence-corrected chi connectivity index (χ3v) is 22.0. The van der Waals surface area contributed by atoms with E-state index >= 15 is 0 Å². The van der Waals surface area contributed by atoms with Crippen LogP contribution in [0.2, 0.25) is 0 Å². The number of nitrogens with zero attached hydrogens (tertiary/aromatic N) is 12. The summed E-state index contributed by atoms with van der Waals surface area (Å²) >= 11 is 0. The van der Waals surface area contributed by atoms with Crippen LogP contribution in [0.3, 0.4) is 0 Å². The van der Waals surface area contributed by atoms with Crippen LogP contribution in [0, 0.1) is 55.4 Å². The van der Waals surface area contributed by atoms with Gasteiger partial charge in [0.05, 0.1) is 44.1 Å². The van der Waals surface area contributed by atoms with Crippen molar-refractivity contribution in [2.24, 2.45) is 0 Å². The van der Waals surface area contributed by atoms with E-state index in [0.717, 1.165) is 157 Å². The highest BCUT2D eigenvalue weighted by Gasteiger charge is 2.25. The van der Waals surface area contributed by atoms with Gasteiger partial charge in [-0.2, -0.15) is 19.9 Å². The van der Waals surface area contributed by atoms with Gasteiger partial charge in [0.2, 0.25) is 0 Å². The van der Waals surface area contributed by atoms with E-state index in [1.54, 1.807) is 0 Å². The lowest BCUT2D eigenvalue weighted by atomic mass is 10.0. The molecule has 0 amide bonds. The second-order valence-electron chi connectivity index (χ2n) is 31.3. The smallest absolute Gasteiger partial charge is 0.322 e. The van der Waals surface area contributed by atoms with Gasteiger partial charge < -0.3 is 18.3 Å². The van der Waals surface area contributed by atoms with Gasteiger partial charge >= 0.3 is 22.8 Å². The number of aromatic nitrogens is 16. The predicted molar refractivity (Wildman–Crippen MR) is 472 cm³/mol. The van der Waals surface area contributed by atoms with Crippen LogP contribution in [0.5, 0.6) is 0 Å². The molecule has 0 fully saturated rings. The average molecular weight is 1600 g/mol. The first kappa shape index (κ1) is 83.8. The normalized spacial score (nSPS) is 11.4. The molecule has 0 bridgehead atoms. The molecule has 16 rings (SSSR count). The summed E-state index contributed by atoms with van der Waals surface area (Å²) in [5.41, 5.74) is 22.6. The van der Waals surface area contributed by atoms with Crippen LogP contribution in [-0.4, -0.2) is 78.1 Å². The van der Waals surface area contributed by atoms with Crippen LogP contribution in [0.15, 0.2) is 184 Å². The standard InChI is InChI=1S/3C24H26N4O2.C23H24N4O2/c3*1-4-6-18-14-20-19(13-16(18)3)25-21-22(26-24(30)27-23(21)29)28(20)12-5-7-17-10-8-15(2)9-11-17;1-4-17-13-18-19(12-15(17)3)27(10-6-9-16-8-5-7-14(2)11-16)21-20(24-18)22(28)26-23(29)25-21/h3*8-11,13-14H,4-7,12H2,1-3H3,(H,27,29,30);5,7-8,11-13H,4,6,9-10H2,1-3H3,(H,26,28,29). The molecule has 8 aromatic rings. The van der Waals surface area contributed by atoms with Crippen molar-refractivity contribution in [3.05, 3.63) is 318 Å². The Morgan fingerprint density at radius 2 is 0.546 bits per heavy atom. The minimum atomic E-state index is -0.641. The van der Waals surface area contributed by atoms with E-state index in [-0.39, 0.29) is 22.8 Å². The highest BCUT2D eigenvalue weighted by atomic mass is 16.2. The molecule has 0 aromatic heterocycles. The number of hydrogen-bond donors (Lipinski definition) is 4. The van der Waals surface area contributed by atoms with Crippen molar-refractivity contribution in [2.45, 2.75) is 206 Å². The number of aromatic amines is 4. The van der Waals surface area contributed by atoms with Gasteiger partial charge in [-0.15, -0.1) is 0 Å². The highest BCUT2D eigenvalue weighted by Crippen LogP contribution is 2.31. The molecule has 610 valence electrons. The molecule has 0 saturated heterocycles. The molecular formula is C95H102N16O8. The maximum absolute atomic E-state index is 12.4. The van der Waals surface area contributed by atoms with Crippen LogP contribution in [-0.2, 0) is 77.5 Å². The van der Waals surface area contributed by atoms with Gasteiger partial charge in [0.25, 0.3) is 22.2 Å². The number of hydrogen-bond acceptors (Lipinski definition) is 16. The molecule has 0 aliphatic carbocycles. The van der Waals surface area contributed by atoms with E-state index in [0.29, 0.717) is 49.5 Å². The molecule has 24 heteroatoms. The molecule has 4 N–H and O–H groups in total. The molecule has 0 saturated carbocycles. The van der Waals surface area contributed by atoms with Crippen molar-refractivity contribution >= 4 is 44.1 Å². The summed E-state index contributed by atoms with van der Waals surface area (Å²) in [6.45, 7) is 27.8. The number of aryl methyl sites for hydroxylation is 20. The Labute approximate surface area is 688 Å². The van der Waals surface area contributed by atoms with Crippen molar-refractivity contribution in [2.75, 3.05) is 0 Å². The number of benzene rings is 8. The lowest BCUT2D eigenvalue weighted by Gasteiger charge is -2.18. The Morgan fingerprint density at radius 1 is 0.269 bits per heavy atom. The van der Waals surface area contributed by atoms with E-state index in [2.05, 4.69) is 264 Å². The van der Waals surface area contributed by atoms with Crippen molar-refractivity contribution in [3.63, 3.8) is 0 Å². The maximum Gasteiger partial charge on any atom is 0.349 e. The average Bonchev–Trinajstić information content (AvgIpc) is 0.771. The maximum atomic E-state index is 12.4. The highest BCUT2D eigenvalue weighted by molar-refractivity contribution is 5.84. The first-order chi connectivity index (χ1) is 57.3. The first-order valence-corrected chi connectivity index (χ1v) is 41.3. The minimum absolute atomic E-state index is 0.207. The number of nitrogens with one attached hydrogen (secondary N) is 4. The molecule has 0 spiro atoms. The third-order valence-electron chi connectivity index (χ3n) is 22.0. The number of fused-ring (bicyclic) bond motifs is 8. The first-order valence-electron chi connectivity index (χ1n) is 41.3. The molecule has 8 aliphatic rings. The summed E-state index contributed by atoms with van der Waals surface area (Å²) in [7, 11) is 0. The van der Waals surface area contributed by atoms with Gasteiger partial charge in [-0.1, -0.05) is 166 Å². The second kappa shape index (κ2) is 37.4. The van der Waals surface area contributed by atoms with Crippen molar-refractivity contribution < 1.29 is 0 Å². The number of H-pyrrole nitrogens is 4. The van der Waals surface area contributed by atoms with Crippen LogP contribution >= 0.6 is 0 Å². The zero-order chi connectivity index (χ0) is 84.3. The topological polar surface area (TPSA) is 323 Å². The molecule has 119 heavy (non-hydrogen) atoms. The predicted octanol–water partition coefficient (Wildman–Crippen LogP) is 14.8. The lowest BCUT2D eigenvalue weighted by Crippen LogP contribution is -2.29. The molecule has 8 aromatic carbocycles. The summed E-state index contributed by atoms with van der Waals surface area (Å²) in [5, 5.41) is 0. The third kappa shape index (κ3) is 19.6. The Kier molecular flexibility index (Phi) is 26.4. The zero-order valence-corrected chi connectivity index (χ0v) is 69.9. The van der Waals surface area contributed by atoms with E-state index in [1.807, 2.05) is 42.5 Å². The fourth-order valence-electron chi connectivity index (χ4n) is 15.8. The minimum Gasteiger partial charge on any atom is -0.322 e. The van der Waals surface area contributed by atoms with Crippen LogP contribution in [0.25, 0.3) is 90.2 Å². The summed E-state index contributed by atoms with van der Waals surface area (Å²) < 4.78 is 7.93. The quantitative estimate of drug-likeness (QED) is 0.0432. The Hall–Kier alpha value is -13.1. The molecule has 0 unspecified atom stereocenters. The molecular weight excluding hydrogens is 1490 g/mol. The fourth-order valence-corrected chi connectivity index (χ4v) is 15.8. The Bertz CT molecular complexity index is 6290. The van der Waals surface area contributed by atoms with Crippen LogP contribution in [0.4, 0.5) is 0 Å². The van der Waals surface area contributed by atoms with Gasteiger partial charge in [-0.05, 0) is 248 Å². The lowest BCUT2D eigenvalue weighted by molar-refractivity contribution is 0.648. The van der Waals surface area contributed by atoms with Crippen LogP contribution < -0.4 is 45.0 Å². The van der Waals surface area contributed by atoms with Crippen molar-refractivity contribution in [3.8, 4) is 46.1 Å². The van der Waals surface area contributed by atoms with E-state index < -0.39 is 45.0 Å². The van der Waals surface area contributed by atoms with Crippen LogP contribution in [0.1, 0.15) is 162 Å². The second-order valence-corrected chi connectivity index (χ2v) is 31.3. The monoisotopic (exact) mass is 1590 g/mol. The van der Waals surface area contributed by atoms with Gasteiger partial charge in [0, 0.05) is 26.2 Å². The van der Waals surface area contributed by atoms with Crippen molar-refractivity contribution in [1.82, 2.24) is 78.1 Å². The largest absolute Gasteiger partial charge is 0.349 e. The van der Waals surface area contributed by atoms with E-state index in [1.165, 1.54) is 72.3 Å². The summed E-state index contributed by atoms with van der Waals surface area (Å²) in [4.78, 5) is 141. The van der Waals surface area contributed by atoms with E-state index in [9.17, 15) is 38.4 Å². The zero-order valence-electron chi connectivity index (χ0n) is 69.9. The molecule has 0 atom stereocenters. The van der Waals surface area contributed by atoms with Gasteiger partial charge in [-0.3, -0.25) is 39.1 Å². The summed E-state index contributed by atoms with van der Waals surface area (Å²) in [6, 6.07) is 50.6.